The predicted octanol–water partition coefficient (Wildman–Crippen LogP) is 2.83. The van der Waals surface area contributed by atoms with Crippen molar-refractivity contribution < 1.29 is 4.74 Å². The molecule has 1 aromatic rings. The first-order valence-electron chi connectivity index (χ1n) is 6.65. The van der Waals surface area contributed by atoms with Gasteiger partial charge in [0.05, 0.1) is 11.7 Å². The van der Waals surface area contributed by atoms with Crippen molar-refractivity contribution in [1.29, 1.82) is 0 Å². The Hall–Kier alpha value is -0.860. The summed E-state index contributed by atoms with van der Waals surface area (Å²) in [5, 5.41) is 3.58. The van der Waals surface area contributed by atoms with Crippen molar-refractivity contribution in [3.63, 3.8) is 0 Å². The molecule has 3 rings (SSSR count). The topological polar surface area (TPSA) is 21.3 Å². The van der Waals surface area contributed by atoms with Gasteiger partial charge in [-0.2, -0.15) is 0 Å². The molecule has 2 heterocycles. The van der Waals surface area contributed by atoms with Crippen molar-refractivity contribution in [2.45, 2.75) is 50.9 Å². The van der Waals surface area contributed by atoms with E-state index in [0.29, 0.717) is 6.04 Å². The van der Waals surface area contributed by atoms with Crippen molar-refractivity contribution in [2.24, 2.45) is 0 Å². The second kappa shape index (κ2) is 4.11. The van der Waals surface area contributed by atoms with E-state index >= 15 is 0 Å². The van der Waals surface area contributed by atoms with Gasteiger partial charge >= 0.3 is 0 Å². The lowest BCUT2D eigenvalue weighted by Gasteiger charge is -2.40. The normalized spacial score (nSPS) is 31.2. The Labute approximate surface area is 103 Å². The van der Waals surface area contributed by atoms with Gasteiger partial charge in [0.2, 0.25) is 0 Å². The van der Waals surface area contributed by atoms with Crippen molar-refractivity contribution in [3.05, 3.63) is 35.4 Å². The van der Waals surface area contributed by atoms with E-state index in [1.165, 1.54) is 24.0 Å². The Kier molecular flexibility index (Phi) is 2.72. The molecule has 2 atom stereocenters. The van der Waals surface area contributed by atoms with E-state index in [4.69, 9.17) is 4.74 Å². The second-order valence-electron chi connectivity index (χ2n) is 5.88. The highest BCUT2D eigenvalue weighted by atomic mass is 16.5. The molecule has 17 heavy (non-hydrogen) atoms. The number of hydrogen-bond acceptors (Lipinski definition) is 2. The van der Waals surface area contributed by atoms with Gasteiger partial charge in [-0.1, -0.05) is 24.3 Å². The van der Waals surface area contributed by atoms with Crippen LogP contribution in [0, 0.1) is 0 Å². The number of nitrogens with one attached hydrogen (secondary N) is 1. The fourth-order valence-electron chi connectivity index (χ4n) is 3.15. The average Bonchev–Trinajstić information content (AvgIpc) is 2.80. The largest absolute Gasteiger partial charge is 0.366 e. The Balaban J connectivity index is 1.97. The van der Waals surface area contributed by atoms with Gasteiger partial charge in [0.1, 0.15) is 0 Å². The third-order valence-corrected chi connectivity index (χ3v) is 3.89. The summed E-state index contributed by atoms with van der Waals surface area (Å²) >= 11 is 0. The smallest absolute Gasteiger partial charge is 0.0987 e. The zero-order valence-corrected chi connectivity index (χ0v) is 10.7. The monoisotopic (exact) mass is 231 g/mol. The summed E-state index contributed by atoms with van der Waals surface area (Å²) in [6.45, 7) is 5.53. The Bertz CT molecular complexity index is 407. The lowest BCUT2D eigenvalue weighted by atomic mass is 9.86. The quantitative estimate of drug-likeness (QED) is 0.802. The van der Waals surface area contributed by atoms with Crippen LogP contribution in [0.2, 0.25) is 0 Å². The van der Waals surface area contributed by atoms with Gasteiger partial charge in [0.25, 0.3) is 0 Å². The van der Waals surface area contributed by atoms with Gasteiger partial charge in [-0.25, -0.2) is 0 Å². The summed E-state index contributed by atoms with van der Waals surface area (Å²) in [6, 6.07) is 9.24. The lowest BCUT2D eigenvalue weighted by Crippen LogP contribution is -2.41. The van der Waals surface area contributed by atoms with Gasteiger partial charge in [-0.05, 0) is 44.4 Å². The molecule has 2 aliphatic rings. The molecule has 0 aromatic heterocycles. The fourth-order valence-corrected chi connectivity index (χ4v) is 3.15. The molecule has 1 saturated heterocycles. The van der Waals surface area contributed by atoms with Crippen LogP contribution >= 0.6 is 0 Å². The highest BCUT2D eigenvalue weighted by molar-refractivity contribution is 5.33. The van der Waals surface area contributed by atoms with Gasteiger partial charge in [-0.3, -0.25) is 0 Å². The molecule has 0 aliphatic carbocycles. The van der Waals surface area contributed by atoms with Crippen LogP contribution < -0.4 is 5.32 Å². The summed E-state index contributed by atoms with van der Waals surface area (Å²) in [7, 11) is 0. The zero-order valence-electron chi connectivity index (χ0n) is 10.7. The van der Waals surface area contributed by atoms with Crippen LogP contribution in [0.4, 0.5) is 0 Å². The fraction of sp³-hybridized carbons (Fsp3) is 0.600. The summed E-state index contributed by atoms with van der Waals surface area (Å²) < 4.78 is 6.32. The number of fused-ring (bicyclic) bond motifs is 1. The molecule has 2 aliphatic heterocycles. The molecule has 0 unspecified atom stereocenters. The average molecular weight is 231 g/mol. The minimum absolute atomic E-state index is 0.0384. The first kappa shape index (κ1) is 11.2. The van der Waals surface area contributed by atoms with E-state index in [0.717, 1.165) is 13.0 Å². The number of hydrogen-bond donors (Lipinski definition) is 1. The van der Waals surface area contributed by atoms with Crippen molar-refractivity contribution in [1.82, 2.24) is 5.32 Å². The lowest BCUT2D eigenvalue weighted by molar-refractivity contribution is -0.0969. The first-order valence-corrected chi connectivity index (χ1v) is 6.65. The minimum atomic E-state index is -0.0384. The number of benzene rings is 1. The third kappa shape index (κ3) is 2.12. The molecule has 0 spiro atoms. The summed E-state index contributed by atoms with van der Waals surface area (Å²) in [6.07, 6.45) is 3.76. The second-order valence-corrected chi connectivity index (χ2v) is 5.88. The summed E-state index contributed by atoms with van der Waals surface area (Å²) in [4.78, 5) is 0. The molecule has 1 N–H and O–H groups in total. The van der Waals surface area contributed by atoms with Crippen LogP contribution in [0.25, 0.3) is 0 Å². The predicted molar refractivity (Wildman–Crippen MR) is 69.1 cm³/mol. The summed E-state index contributed by atoms with van der Waals surface area (Å²) in [5.74, 6) is 0. The van der Waals surface area contributed by atoms with Crippen molar-refractivity contribution in [2.75, 3.05) is 6.54 Å². The molecule has 1 fully saturated rings. The molecule has 2 nitrogen and oxygen atoms in total. The Morgan fingerprint density at radius 3 is 2.88 bits per heavy atom. The van der Waals surface area contributed by atoms with Gasteiger partial charge in [-0.15, -0.1) is 0 Å². The SMILES string of the molecule is CC1(C)Cc2ccccc2[C@H]([C@H]2CCCN2)O1. The molecule has 2 heteroatoms. The molecule has 0 amide bonds. The third-order valence-electron chi connectivity index (χ3n) is 3.89. The van der Waals surface area contributed by atoms with Crippen LogP contribution in [0.3, 0.4) is 0 Å². The van der Waals surface area contributed by atoms with Crippen LogP contribution in [-0.4, -0.2) is 18.2 Å². The van der Waals surface area contributed by atoms with Crippen LogP contribution in [0.5, 0.6) is 0 Å². The molecule has 0 radical (unpaired) electrons. The maximum atomic E-state index is 6.32. The number of rotatable bonds is 1. The maximum Gasteiger partial charge on any atom is 0.0987 e. The van der Waals surface area contributed by atoms with Gasteiger partial charge in [0, 0.05) is 12.5 Å². The van der Waals surface area contributed by atoms with E-state index in [9.17, 15) is 0 Å². The highest BCUT2D eigenvalue weighted by Crippen LogP contribution is 2.39. The van der Waals surface area contributed by atoms with E-state index in [2.05, 4.69) is 43.4 Å². The summed E-state index contributed by atoms with van der Waals surface area (Å²) in [5.41, 5.74) is 2.82. The van der Waals surface area contributed by atoms with E-state index in [-0.39, 0.29) is 11.7 Å². The zero-order chi connectivity index (χ0) is 11.9. The molecular formula is C15H21NO. The Morgan fingerprint density at radius 1 is 1.29 bits per heavy atom. The van der Waals surface area contributed by atoms with E-state index < -0.39 is 0 Å². The van der Waals surface area contributed by atoms with Gasteiger partial charge < -0.3 is 10.1 Å². The molecule has 92 valence electrons. The van der Waals surface area contributed by atoms with Crippen LogP contribution in [-0.2, 0) is 11.2 Å². The molecule has 0 bridgehead atoms. The standard InChI is InChI=1S/C15H21NO/c1-15(2)10-11-6-3-4-7-12(11)14(17-15)13-8-5-9-16-13/h3-4,6-7,13-14,16H,5,8-10H2,1-2H3/t13-,14-/m1/s1. The van der Waals surface area contributed by atoms with Gasteiger partial charge in [0.15, 0.2) is 0 Å². The molecule has 1 aromatic carbocycles. The minimum Gasteiger partial charge on any atom is -0.366 e. The van der Waals surface area contributed by atoms with Crippen LogP contribution in [0.1, 0.15) is 43.9 Å². The number of ether oxygens (including phenoxy) is 1. The first-order chi connectivity index (χ1) is 8.16. The van der Waals surface area contributed by atoms with Crippen molar-refractivity contribution >= 4 is 0 Å². The molecule has 0 saturated carbocycles. The maximum absolute atomic E-state index is 6.32. The highest BCUT2D eigenvalue weighted by Gasteiger charge is 2.37. The van der Waals surface area contributed by atoms with E-state index in [1.807, 2.05) is 0 Å². The Morgan fingerprint density at radius 2 is 2.12 bits per heavy atom. The van der Waals surface area contributed by atoms with E-state index in [1.54, 1.807) is 0 Å². The van der Waals surface area contributed by atoms with Crippen LogP contribution in [0.15, 0.2) is 24.3 Å². The van der Waals surface area contributed by atoms with Crippen molar-refractivity contribution in [3.8, 4) is 0 Å². The molecular weight excluding hydrogens is 210 g/mol.